The van der Waals surface area contributed by atoms with E-state index in [4.69, 9.17) is 15.2 Å². The molecule has 1 aliphatic rings. The molecule has 3 rings (SSSR count). The normalized spacial score (nSPS) is 14.4. The zero-order valence-electron chi connectivity index (χ0n) is 17.4. The summed E-state index contributed by atoms with van der Waals surface area (Å²) in [4.78, 5) is 16.9. The van der Waals surface area contributed by atoms with E-state index in [1.165, 1.54) is 4.90 Å². The van der Waals surface area contributed by atoms with E-state index < -0.39 is 11.6 Å². The highest BCUT2D eigenvalue weighted by Crippen LogP contribution is 2.40. The molecule has 7 heteroatoms. The molecule has 1 atom stereocenters. The Bertz CT molecular complexity index is 896. The zero-order valence-corrected chi connectivity index (χ0v) is 17.4. The van der Waals surface area contributed by atoms with E-state index in [1.807, 2.05) is 25.1 Å². The second kappa shape index (κ2) is 8.29. The lowest BCUT2D eigenvalue weighted by molar-refractivity contribution is 0.202. The Balaban J connectivity index is 1.84. The molecule has 1 aromatic heterocycles. The molecule has 3 N–H and O–H groups in total. The van der Waals surface area contributed by atoms with E-state index in [0.29, 0.717) is 37.2 Å². The molecule has 0 saturated heterocycles. The van der Waals surface area contributed by atoms with Crippen molar-refractivity contribution in [3.63, 3.8) is 0 Å². The second-order valence-electron chi connectivity index (χ2n) is 8.21. The molecule has 0 spiro atoms. The number of carboxylic acid groups (broad SMARTS) is 1. The quantitative estimate of drug-likeness (QED) is 0.721. The molecule has 29 heavy (non-hydrogen) atoms. The Kier molecular flexibility index (Phi) is 5.98. The molecule has 2 aromatic rings. The molecule has 0 aliphatic carbocycles. The number of ether oxygens (including phenoxy) is 2. The van der Waals surface area contributed by atoms with E-state index >= 15 is 0 Å². The number of nitrogens with two attached hydrogens (primary N) is 1. The fraction of sp³-hybridized carbons (Fsp3) is 0.455. The van der Waals surface area contributed by atoms with Gasteiger partial charge in [-0.3, -0.25) is 4.90 Å². The molecule has 0 bridgehead atoms. The van der Waals surface area contributed by atoms with Crippen molar-refractivity contribution >= 4 is 11.9 Å². The number of pyridine rings is 1. The van der Waals surface area contributed by atoms with Crippen LogP contribution in [-0.4, -0.2) is 34.9 Å². The highest BCUT2D eigenvalue weighted by molar-refractivity contribution is 5.87. The molecule has 1 aromatic carbocycles. The van der Waals surface area contributed by atoms with Gasteiger partial charge in [-0.05, 0) is 49.9 Å². The van der Waals surface area contributed by atoms with Crippen LogP contribution in [0.4, 0.5) is 10.6 Å². The number of rotatable bonds is 7. The summed E-state index contributed by atoms with van der Waals surface area (Å²) in [6.45, 7) is 9.21. The SMILES string of the molecule is CCN(C(=O)O)c1cc2c(cn1)OCc1cc(OC[C@@](C)(N)CC(C)C)ccc1-2. The van der Waals surface area contributed by atoms with Crippen molar-refractivity contribution in [2.75, 3.05) is 18.1 Å². The Morgan fingerprint density at radius 2 is 2.14 bits per heavy atom. The molecule has 1 amide bonds. The predicted molar refractivity (Wildman–Crippen MR) is 113 cm³/mol. The van der Waals surface area contributed by atoms with Crippen molar-refractivity contribution < 1.29 is 19.4 Å². The third-order valence-electron chi connectivity index (χ3n) is 4.87. The number of aromatic nitrogens is 1. The molecule has 0 unspecified atom stereocenters. The maximum absolute atomic E-state index is 11.4. The van der Waals surface area contributed by atoms with Crippen LogP contribution in [0.25, 0.3) is 11.1 Å². The van der Waals surface area contributed by atoms with Crippen LogP contribution < -0.4 is 20.1 Å². The third-order valence-corrected chi connectivity index (χ3v) is 4.87. The lowest BCUT2D eigenvalue weighted by Gasteiger charge is -2.27. The summed E-state index contributed by atoms with van der Waals surface area (Å²) in [5, 5.41) is 9.37. The summed E-state index contributed by atoms with van der Waals surface area (Å²) in [7, 11) is 0. The van der Waals surface area contributed by atoms with Crippen LogP contribution in [0.2, 0.25) is 0 Å². The summed E-state index contributed by atoms with van der Waals surface area (Å²) in [6, 6.07) is 7.60. The zero-order chi connectivity index (χ0) is 21.2. The lowest BCUT2D eigenvalue weighted by atomic mass is 9.93. The minimum Gasteiger partial charge on any atom is -0.492 e. The number of nitrogens with zero attached hydrogens (tertiary/aromatic N) is 2. The largest absolute Gasteiger partial charge is 0.492 e. The van der Waals surface area contributed by atoms with Crippen molar-refractivity contribution in [1.82, 2.24) is 4.98 Å². The van der Waals surface area contributed by atoms with E-state index in [2.05, 4.69) is 18.8 Å². The maximum Gasteiger partial charge on any atom is 0.412 e. The molecule has 0 radical (unpaired) electrons. The number of benzene rings is 1. The van der Waals surface area contributed by atoms with Crippen LogP contribution in [0.5, 0.6) is 11.5 Å². The second-order valence-corrected chi connectivity index (χ2v) is 8.21. The van der Waals surface area contributed by atoms with Gasteiger partial charge >= 0.3 is 6.09 Å². The van der Waals surface area contributed by atoms with Gasteiger partial charge in [0.15, 0.2) is 0 Å². The van der Waals surface area contributed by atoms with E-state index in [0.717, 1.165) is 28.9 Å². The first-order chi connectivity index (χ1) is 13.7. The molecule has 0 saturated carbocycles. The first-order valence-corrected chi connectivity index (χ1v) is 9.88. The van der Waals surface area contributed by atoms with Crippen molar-refractivity contribution in [3.8, 4) is 22.6 Å². The van der Waals surface area contributed by atoms with E-state index in [-0.39, 0.29) is 0 Å². The fourth-order valence-electron chi connectivity index (χ4n) is 3.74. The predicted octanol–water partition coefficient (Wildman–Crippen LogP) is 4.29. The first-order valence-electron chi connectivity index (χ1n) is 9.88. The number of anilines is 1. The Morgan fingerprint density at radius 3 is 2.79 bits per heavy atom. The fourth-order valence-corrected chi connectivity index (χ4v) is 3.74. The molecular formula is C22H29N3O4. The van der Waals surface area contributed by atoms with Crippen molar-refractivity contribution in [2.45, 2.75) is 46.3 Å². The van der Waals surface area contributed by atoms with Gasteiger partial charge in [-0.2, -0.15) is 0 Å². The third kappa shape index (κ3) is 4.79. The van der Waals surface area contributed by atoms with Gasteiger partial charge in [0.1, 0.15) is 30.5 Å². The smallest absolute Gasteiger partial charge is 0.412 e. The van der Waals surface area contributed by atoms with Gasteiger partial charge in [0.25, 0.3) is 0 Å². The number of carbonyl (C=O) groups is 1. The van der Waals surface area contributed by atoms with Gasteiger partial charge in [-0.1, -0.05) is 19.9 Å². The van der Waals surface area contributed by atoms with Crippen molar-refractivity contribution in [3.05, 3.63) is 36.0 Å². The molecule has 0 fully saturated rings. The molecular weight excluding hydrogens is 370 g/mol. The van der Waals surface area contributed by atoms with Gasteiger partial charge in [-0.25, -0.2) is 9.78 Å². The minimum absolute atomic E-state index is 0.315. The van der Waals surface area contributed by atoms with Crippen LogP contribution in [0.3, 0.4) is 0 Å². The van der Waals surface area contributed by atoms with Crippen LogP contribution in [-0.2, 0) is 6.61 Å². The topological polar surface area (TPSA) is 97.9 Å². The summed E-state index contributed by atoms with van der Waals surface area (Å²) in [5.41, 5.74) is 8.74. The standard InChI is InChI=1S/C22H29N3O4/c1-5-25(21(26)27)20-9-18-17-7-6-16(29-13-22(4,23)10-14(2)3)8-15(17)12-28-19(18)11-24-20/h6-9,11,14H,5,10,12-13,23H2,1-4H3,(H,26,27)/t22-/m0/s1. The number of amides is 1. The summed E-state index contributed by atoms with van der Waals surface area (Å²) >= 11 is 0. The summed E-state index contributed by atoms with van der Waals surface area (Å²) < 4.78 is 11.8. The lowest BCUT2D eigenvalue weighted by Crippen LogP contribution is -2.43. The highest BCUT2D eigenvalue weighted by atomic mass is 16.5. The Labute approximate surface area is 171 Å². The number of fused-ring (bicyclic) bond motifs is 3. The van der Waals surface area contributed by atoms with E-state index in [1.54, 1.807) is 19.2 Å². The Morgan fingerprint density at radius 1 is 1.38 bits per heavy atom. The molecule has 156 valence electrons. The first kappa shape index (κ1) is 20.9. The van der Waals surface area contributed by atoms with E-state index in [9.17, 15) is 9.90 Å². The Hall–Kier alpha value is -2.80. The summed E-state index contributed by atoms with van der Waals surface area (Å²) in [5.74, 6) is 2.26. The minimum atomic E-state index is -1.04. The monoisotopic (exact) mass is 399 g/mol. The van der Waals surface area contributed by atoms with Gasteiger partial charge in [0.05, 0.1) is 6.20 Å². The van der Waals surface area contributed by atoms with Gasteiger partial charge < -0.3 is 20.3 Å². The summed E-state index contributed by atoms with van der Waals surface area (Å²) in [6.07, 6.45) is 1.42. The van der Waals surface area contributed by atoms with Gasteiger partial charge in [-0.15, -0.1) is 0 Å². The average Bonchev–Trinajstić information content (AvgIpc) is 2.65. The molecule has 1 aliphatic heterocycles. The number of hydrogen-bond donors (Lipinski definition) is 2. The maximum atomic E-state index is 11.4. The molecule has 2 heterocycles. The molecule has 7 nitrogen and oxygen atoms in total. The van der Waals surface area contributed by atoms with Crippen LogP contribution in [0.1, 0.15) is 39.7 Å². The van der Waals surface area contributed by atoms with Crippen LogP contribution in [0, 0.1) is 5.92 Å². The van der Waals surface area contributed by atoms with Crippen LogP contribution >= 0.6 is 0 Å². The van der Waals surface area contributed by atoms with Crippen LogP contribution in [0.15, 0.2) is 30.5 Å². The van der Waals surface area contributed by atoms with Gasteiger partial charge in [0, 0.05) is 23.2 Å². The van der Waals surface area contributed by atoms with Gasteiger partial charge in [0.2, 0.25) is 0 Å². The van der Waals surface area contributed by atoms with Crippen molar-refractivity contribution in [1.29, 1.82) is 0 Å². The average molecular weight is 399 g/mol. The van der Waals surface area contributed by atoms with Crippen molar-refractivity contribution in [2.24, 2.45) is 11.7 Å². The highest BCUT2D eigenvalue weighted by Gasteiger charge is 2.24. The number of hydrogen-bond acceptors (Lipinski definition) is 5.